The van der Waals surface area contributed by atoms with Crippen molar-refractivity contribution in [2.45, 2.75) is 11.3 Å². The fraction of sp³-hybridized carbons (Fsp3) is 0.167. The summed E-state index contributed by atoms with van der Waals surface area (Å²) in [7, 11) is 0. The fourth-order valence-electron chi connectivity index (χ4n) is 2.03. The fourth-order valence-corrected chi connectivity index (χ4v) is 2.54. The maximum atomic E-state index is 13.1. The van der Waals surface area contributed by atoms with Gasteiger partial charge >= 0.3 is 12.1 Å². The van der Waals surface area contributed by atoms with E-state index in [4.69, 9.17) is 5.11 Å². The van der Waals surface area contributed by atoms with Crippen molar-refractivity contribution in [2.75, 3.05) is 5.75 Å². The standard InChI is InChI=1S/C12H7F3N4O2S/c13-12(14,15)5-2-1-3-6-8(5)9-10(16-6)17-11(19-18-9)22-4-7(20)21/h1-3H,4H2,(H,20,21)(H,16,17,19). The number of aromatic amines is 1. The first-order valence-corrected chi connectivity index (χ1v) is 6.92. The van der Waals surface area contributed by atoms with Gasteiger partial charge in [0.1, 0.15) is 5.52 Å². The van der Waals surface area contributed by atoms with Gasteiger partial charge in [0.15, 0.2) is 5.65 Å². The van der Waals surface area contributed by atoms with E-state index in [1.165, 1.54) is 12.1 Å². The number of benzene rings is 1. The Morgan fingerprint density at radius 3 is 2.77 bits per heavy atom. The van der Waals surface area contributed by atoms with Gasteiger partial charge in [0.2, 0.25) is 5.16 Å². The van der Waals surface area contributed by atoms with Crippen LogP contribution in [0, 0.1) is 0 Å². The Labute approximate surface area is 124 Å². The first kappa shape index (κ1) is 14.6. The number of fused-ring (bicyclic) bond motifs is 3. The molecule has 0 saturated carbocycles. The molecule has 3 aromatic rings. The summed E-state index contributed by atoms with van der Waals surface area (Å²) in [6, 6.07) is 3.73. The lowest BCUT2D eigenvalue weighted by Gasteiger charge is -2.07. The molecular formula is C12H7F3N4O2S. The zero-order valence-electron chi connectivity index (χ0n) is 10.7. The second kappa shape index (κ2) is 5.13. The maximum absolute atomic E-state index is 13.1. The molecule has 0 saturated heterocycles. The summed E-state index contributed by atoms with van der Waals surface area (Å²) in [6.07, 6.45) is -4.52. The molecule has 0 bridgehead atoms. The van der Waals surface area contributed by atoms with Crippen LogP contribution in [0.25, 0.3) is 22.1 Å². The number of hydrogen-bond donors (Lipinski definition) is 2. The zero-order valence-corrected chi connectivity index (χ0v) is 11.5. The molecule has 0 atom stereocenters. The number of hydrogen-bond acceptors (Lipinski definition) is 5. The van der Waals surface area contributed by atoms with Gasteiger partial charge in [-0.25, -0.2) is 4.98 Å². The number of nitrogens with zero attached hydrogens (tertiary/aromatic N) is 3. The molecule has 0 fully saturated rings. The summed E-state index contributed by atoms with van der Waals surface area (Å²) in [5.74, 6) is -1.31. The van der Waals surface area contributed by atoms with Crippen LogP contribution in [0.4, 0.5) is 13.2 Å². The highest BCUT2D eigenvalue weighted by atomic mass is 32.2. The van der Waals surface area contributed by atoms with Gasteiger partial charge in [-0.2, -0.15) is 13.2 Å². The molecule has 114 valence electrons. The third kappa shape index (κ3) is 2.56. The number of aromatic nitrogens is 4. The third-order valence-electron chi connectivity index (χ3n) is 2.85. The van der Waals surface area contributed by atoms with Crippen LogP contribution in [0.3, 0.4) is 0 Å². The Morgan fingerprint density at radius 1 is 1.32 bits per heavy atom. The number of alkyl halides is 3. The van der Waals surface area contributed by atoms with E-state index in [9.17, 15) is 18.0 Å². The molecule has 0 radical (unpaired) electrons. The number of halogens is 3. The van der Waals surface area contributed by atoms with E-state index < -0.39 is 17.7 Å². The number of nitrogens with one attached hydrogen (secondary N) is 1. The number of carboxylic acid groups (broad SMARTS) is 1. The van der Waals surface area contributed by atoms with Gasteiger partial charge in [-0.1, -0.05) is 17.8 Å². The number of carboxylic acids is 1. The van der Waals surface area contributed by atoms with Crippen molar-refractivity contribution < 1.29 is 23.1 Å². The van der Waals surface area contributed by atoms with Gasteiger partial charge < -0.3 is 10.1 Å². The highest BCUT2D eigenvalue weighted by molar-refractivity contribution is 7.99. The van der Waals surface area contributed by atoms with Crippen LogP contribution >= 0.6 is 11.8 Å². The largest absolute Gasteiger partial charge is 0.481 e. The Balaban J connectivity index is 2.16. The molecule has 2 heterocycles. The van der Waals surface area contributed by atoms with Crippen LogP contribution in [-0.4, -0.2) is 37.0 Å². The predicted molar refractivity (Wildman–Crippen MR) is 72.6 cm³/mol. The molecule has 0 amide bonds. The van der Waals surface area contributed by atoms with Gasteiger partial charge in [-0.15, -0.1) is 10.2 Å². The van der Waals surface area contributed by atoms with E-state index in [1.54, 1.807) is 0 Å². The first-order chi connectivity index (χ1) is 10.4. The molecule has 0 unspecified atom stereocenters. The van der Waals surface area contributed by atoms with Crippen LogP contribution < -0.4 is 0 Å². The summed E-state index contributed by atoms with van der Waals surface area (Å²) in [5, 5.41) is 16.0. The number of rotatable bonds is 3. The highest BCUT2D eigenvalue weighted by Gasteiger charge is 2.34. The number of aliphatic carboxylic acids is 1. The third-order valence-corrected chi connectivity index (χ3v) is 3.67. The van der Waals surface area contributed by atoms with E-state index in [0.29, 0.717) is 0 Å². The molecule has 6 nitrogen and oxygen atoms in total. The SMILES string of the molecule is O=C(O)CSc1nnc2c(n1)[nH]c1cccc(C(F)(F)F)c12. The van der Waals surface area contributed by atoms with E-state index in [-0.39, 0.29) is 33.0 Å². The molecule has 1 aromatic carbocycles. The summed E-state index contributed by atoms with van der Waals surface area (Å²) < 4.78 is 39.2. The van der Waals surface area contributed by atoms with Gasteiger partial charge in [0.05, 0.1) is 11.3 Å². The molecule has 10 heteroatoms. The Bertz CT molecular complexity index is 878. The molecule has 0 aliphatic rings. The molecule has 2 aromatic heterocycles. The average Bonchev–Trinajstić information content (AvgIpc) is 2.81. The van der Waals surface area contributed by atoms with E-state index in [2.05, 4.69) is 20.2 Å². The normalized spacial score (nSPS) is 12.1. The van der Waals surface area contributed by atoms with Crippen molar-refractivity contribution in [3.63, 3.8) is 0 Å². The zero-order chi connectivity index (χ0) is 15.9. The summed E-state index contributed by atoms with van der Waals surface area (Å²) in [4.78, 5) is 17.3. The Morgan fingerprint density at radius 2 is 2.09 bits per heavy atom. The first-order valence-electron chi connectivity index (χ1n) is 5.93. The van der Waals surface area contributed by atoms with E-state index in [0.717, 1.165) is 17.8 Å². The summed E-state index contributed by atoms with van der Waals surface area (Å²) in [6.45, 7) is 0. The second-order valence-electron chi connectivity index (χ2n) is 4.32. The van der Waals surface area contributed by atoms with Crippen LogP contribution in [0.2, 0.25) is 0 Å². The highest BCUT2D eigenvalue weighted by Crippen LogP contribution is 2.37. The lowest BCUT2D eigenvalue weighted by molar-refractivity contribution is -0.136. The minimum absolute atomic E-state index is 0.00241. The van der Waals surface area contributed by atoms with Crippen LogP contribution in [0.1, 0.15) is 5.56 Å². The molecule has 3 rings (SSSR count). The van der Waals surface area contributed by atoms with Crippen molar-refractivity contribution in [3.8, 4) is 0 Å². The minimum Gasteiger partial charge on any atom is -0.481 e. The molecule has 0 aliphatic carbocycles. The second-order valence-corrected chi connectivity index (χ2v) is 5.27. The minimum atomic E-state index is -4.52. The molecule has 22 heavy (non-hydrogen) atoms. The number of H-pyrrole nitrogens is 1. The van der Waals surface area contributed by atoms with E-state index >= 15 is 0 Å². The molecular weight excluding hydrogens is 321 g/mol. The predicted octanol–water partition coefficient (Wildman–Crippen LogP) is 2.70. The van der Waals surface area contributed by atoms with Crippen LogP contribution in [-0.2, 0) is 11.0 Å². The van der Waals surface area contributed by atoms with Crippen LogP contribution in [0.5, 0.6) is 0 Å². The summed E-state index contributed by atoms with van der Waals surface area (Å²) >= 11 is 0.837. The van der Waals surface area contributed by atoms with Crippen molar-refractivity contribution >= 4 is 39.8 Å². The van der Waals surface area contributed by atoms with Gasteiger partial charge in [-0.3, -0.25) is 4.79 Å². The Kier molecular flexibility index (Phi) is 3.39. The number of thioether (sulfide) groups is 1. The summed E-state index contributed by atoms with van der Waals surface area (Å²) in [5.41, 5.74) is -0.442. The van der Waals surface area contributed by atoms with Gasteiger partial charge in [0, 0.05) is 10.9 Å². The Hall–Kier alpha value is -2.36. The van der Waals surface area contributed by atoms with Crippen molar-refractivity contribution in [2.24, 2.45) is 0 Å². The monoisotopic (exact) mass is 328 g/mol. The number of carbonyl (C=O) groups is 1. The van der Waals surface area contributed by atoms with Gasteiger partial charge in [-0.05, 0) is 12.1 Å². The smallest absolute Gasteiger partial charge is 0.417 e. The van der Waals surface area contributed by atoms with Crippen molar-refractivity contribution in [1.82, 2.24) is 20.2 Å². The molecule has 2 N–H and O–H groups in total. The van der Waals surface area contributed by atoms with Crippen molar-refractivity contribution in [1.29, 1.82) is 0 Å². The lowest BCUT2D eigenvalue weighted by Crippen LogP contribution is -2.05. The lowest BCUT2D eigenvalue weighted by atomic mass is 10.1. The van der Waals surface area contributed by atoms with Crippen LogP contribution in [0.15, 0.2) is 23.4 Å². The molecule has 0 aliphatic heterocycles. The van der Waals surface area contributed by atoms with Gasteiger partial charge in [0.25, 0.3) is 0 Å². The van der Waals surface area contributed by atoms with Crippen molar-refractivity contribution in [3.05, 3.63) is 23.8 Å². The average molecular weight is 328 g/mol. The quantitative estimate of drug-likeness (QED) is 0.718. The van der Waals surface area contributed by atoms with E-state index in [1.807, 2.05) is 0 Å². The maximum Gasteiger partial charge on any atom is 0.417 e. The molecule has 0 spiro atoms. The topological polar surface area (TPSA) is 91.8 Å².